The molecule has 0 amide bonds. The molecule has 0 unspecified atom stereocenters. The minimum Gasteiger partial charge on any atom is -0.465 e. The van der Waals surface area contributed by atoms with Crippen molar-refractivity contribution >= 4 is 5.97 Å². The van der Waals surface area contributed by atoms with Gasteiger partial charge in [-0.3, -0.25) is 0 Å². The van der Waals surface area contributed by atoms with Crippen molar-refractivity contribution in [3.05, 3.63) is 34.4 Å². The Kier molecular flexibility index (Phi) is 3.98. The Labute approximate surface area is 108 Å². The number of carbonyl (C=O) groups is 1. The van der Waals surface area contributed by atoms with Crippen molar-refractivity contribution < 1.29 is 35.9 Å². The monoisotopic (exact) mass is 297 g/mol. The molecule has 0 fully saturated rings. The van der Waals surface area contributed by atoms with E-state index in [1.54, 1.807) is 0 Å². The molecule has 0 radical (unpaired) electrons. The van der Waals surface area contributed by atoms with E-state index in [-0.39, 0.29) is 12.1 Å². The van der Waals surface area contributed by atoms with Gasteiger partial charge in [0.1, 0.15) is 6.07 Å². The van der Waals surface area contributed by atoms with Crippen molar-refractivity contribution in [2.24, 2.45) is 0 Å². The number of nitrogens with zero attached hydrogens (tertiary/aromatic N) is 1. The summed E-state index contributed by atoms with van der Waals surface area (Å²) in [6.07, 6.45) is -10.3. The van der Waals surface area contributed by atoms with E-state index in [0.29, 0.717) is 0 Å². The van der Waals surface area contributed by atoms with Gasteiger partial charge in [0.05, 0.1) is 29.4 Å². The Morgan fingerprint density at radius 2 is 1.70 bits per heavy atom. The zero-order valence-electron chi connectivity index (χ0n) is 9.69. The average molecular weight is 297 g/mol. The van der Waals surface area contributed by atoms with Gasteiger partial charge in [0.15, 0.2) is 0 Å². The molecular formula is C11H5F6NO2. The molecule has 0 atom stereocenters. The number of carbonyl (C=O) groups excluding carboxylic acids is 1. The predicted octanol–water partition coefficient (Wildman–Crippen LogP) is 3.38. The van der Waals surface area contributed by atoms with Gasteiger partial charge in [-0.1, -0.05) is 0 Å². The van der Waals surface area contributed by atoms with Crippen LogP contribution in [-0.2, 0) is 17.1 Å². The highest BCUT2D eigenvalue weighted by Gasteiger charge is 2.40. The average Bonchev–Trinajstić information content (AvgIpc) is 2.33. The van der Waals surface area contributed by atoms with Crippen molar-refractivity contribution in [2.75, 3.05) is 7.11 Å². The van der Waals surface area contributed by atoms with Gasteiger partial charge in [-0.05, 0) is 12.1 Å². The van der Waals surface area contributed by atoms with Crippen molar-refractivity contribution in [1.29, 1.82) is 5.26 Å². The van der Waals surface area contributed by atoms with Crippen molar-refractivity contribution in [3.8, 4) is 6.07 Å². The molecule has 1 aromatic carbocycles. The maximum Gasteiger partial charge on any atom is 0.417 e. The molecule has 1 aromatic rings. The van der Waals surface area contributed by atoms with E-state index in [2.05, 4.69) is 4.74 Å². The lowest BCUT2D eigenvalue weighted by molar-refractivity contribution is -0.143. The maximum atomic E-state index is 12.7. The van der Waals surface area contributed by atoms with Crippen molar-refractivity contribution in [3.63, 3.8) is 0 Å². The lowest BCUT2D eigenvalue weighted by Gasteiger charge is -2.15. The van der Waals surface area contributed by atoms with Gasteiger partial charge in [0.25, 0.3) is 0 Å². The van der Waals surface area contributed by atoms with E-state index in [0.717, 1.165) is 13.2 Å². The zero-order valence-corrected chi connectivity index (χ0v) is 9.69. The first kappa shape index (κ1) is 15.8. The van der Waals surface area contributed by atoms with Gasteiger partial charge in [-0.2, -0.15) is 31.6 Å². The highest BCUT2D eigenvalue weighted by atomic mass is 19.4. The number of benzene rings is 1. The SMILES string of the molecule is COC(=O)c1cc(C(F)(F)F)cc(C(F)(F)F)c1C#N. The molecule has 3 nitrogen and oxygen atoms in total. The number of methoxy groups -OCH3 is 1. The van der Waals surface area contributed by atoms with Gasteiger partial charge >= 0.3 is 18.3 Å². The smallest absolute Gasteiger partial charge is 0.417 e. The molecule has 0 saturated heterocycles. The lowest BCUT2D eigenvalue weighted by Crippen LogP contribution is -2.17. The van der Waals surface area contributed by atoms with Crippen molar-refractivity contribution in [1.82, 2.24) is 0 Å². The Bertz CT molecular complexity index is 582. The van der Waals surface area contributed by atoms with E-state index >= 15 is 0 Å². The first-order chi connectivity index (χ1) is 9.02. The summed E-state index contributed by atoms with van der Waals surface area (Å²) in [6.45, 7) is 0. The number of ether oxygens (including phenoxy) is 1. The minimum atomic E-state index is -5.21. The van der Waals surface area contributed by atoms with E-state index in [4.69, 9.17) is 5.26 Å². The first-order valence-corrected chi connectivity index (χ1v) is 4.83. The second kappa shape index (κ2) is 5.03. The third-order valence-corrected chi connectivity index (χ3v) is 2.29. The largest absolute Gasteiger partial charge is 0.465 e. The fourth-order valence-corrected chi connectivity index (χ4v) is 1.42. The molecule has 1 rings (SSSR count). The summed E-state index contributed by atoms with van der Waals surface area (Å²) in [7, 11) is 0.775. The Morgan fingerprint density at radius 3 is 2.05 bits per heavy atom. The summed E-state index contributed by atoms with van der Waals surface area (Å²) in [5.41, 5.74) is -5.83. The summed E-state index contributed by atoms with van der Waals surface area (Å²) in [5, 5.41) is 8.66. The molecule has 0 aromatic heterocycles. The van der Waals surface area contributed by atoms with Crippen LogP contribution in [0, 0.1) is 11.3 Å². The number of nitriles is 1. The van der Waals surface area contributed by atoms with Gasteiger partial charge < -0.3 is 4.74 Å². The fraction of sp³-hybridized carbons (Fsp3) is 0.273. The first-order valence-electron chi connectivity index (χ1n) is 4.83. The number of esters is 1. The molecular weight excluding hydrogens is 292 g/mol. The Morgan fingerprint density at radius 1 is 1.15 bits per heavy atom. The third kappa shape index (κ3) is 3.01. The number of rotatable bonds is 1. The van der Waals surface area contributed by atoms with Crippen LogP contribution in [0.3, 0.4) is 0 Å². The van der Waals surface area contributed by atoms with Crippen LogP contribution in [0.25, 0.3) is 0 Å². The second-order valence-electron chi connectivity index (χ2n) is 3.55. The summed E-state index contributed by atoms with van der Waals surface area (Å²) >= 11 is 0. The molecule has 9 heteroatoms. The molecule has 0 N–H and O–H groups in total. The third-order valence-electron chi connectivity index (χ3n) is 2.29. The van der Waals surface area contributed by atoms with Crippen molar-refractivity contribution in [2.45, 2.75) is 12.4 Å². The van der Waals surface area contributed by atoms with E-state index in [1.165, 1.54) is 0 Å². The minimum absolute atomic E-state index is 0.152. The quantitative estimate of drug-likeness (QED) is 0.590. The molecule has 20 heavy (non-hydrogen) atoms. The highest BCUT2D eigenvalue weighted by Crippen LogP contribution is 2.38. The molecule has 0 heterocycles. The second-order valence-corrected chi connectivity index (χ2v) is 3.55. The number of hydrogen-bond donors (Lipinski definition) is 0. The fourth-order valence-electron chi connectivity index (χ4n) is 1.42. The number of alkyl halides is 6. The van der Waals surface area contributed by atoms with E-state index in [1.807, 2.05) is 0 Å². The van der Waals surface area contributed by atoms with Crippen LogP contribution in [0.1, 0.15) is 27.0 Å². The molecule has 0 spiro atoms. The van der Waals surface area contributed by atoms with Gasteiger partial charge in [-0.15, -0.1) is 0 Å². The summed E-state index contributed by atoms with van der Waals surface area (Å²) in [6, 6.07) is 1.01. The van der Waals surface area contributed by atoms with Crippen LogP contribution in [-0.4, -0.2) is 13.1 Å². The van der Waals surface area contributed by atoms with Gasteiger partial charge in [0, 0.05) is 0 Å². The standard InChI is InChI=1S/C11H5F6NO2/c1-20-9(19)6-2-5(10(12,13)14)3-8(7(6)4-18)11(15,16)17/h2-3H,1H3. The Hall–Kier alpha value is -2.24. The van der Waals surface area contributed by atoms with E-state index in [9.17, 15) is 31.1 Å². The van der Waals surface area contributed by atoms with E-state index < -0.39 is 40.6 Å². The van der Waals surface area contributed by atoms with Crippen LogP contribution in [0.15, 0.2) is 12.1 Å². The van der Waals surface area contributed by atoms with Gasteiger partial charge in [0.2, 0.25) is 0 Å². The van der Waals surface area contributed by atoms with Gasteiger partial charge in [-0.25, -0.2) is 4.79 Å². The molecule has 0 aliphatic rings. The summed E-state index contributed by atoms with van der Waals surface area (Å²) in [5.74, 6) is -1.46. The van der Waals surface area contributed by atoms with Crippen LogP contribution < -0.4 is 0 Å². The molecule has 0 aliphatic carbocycles. The lowest BCUT2D eigenvalue weighted by atomic mass is 9.97. The van der Waals surface area contributed by atoms with Crippen LogP contribution in [0.5, 0.6) is 0 Å². The molecule has 0 saturated carbocycles. The highest BCUT2D eigenvalue weighted by molar-refractivity contribution is 5.93. The Balaban J connectivity index is 3.76. The zero-order chi connectivity index (χ0) is 15.7. The topological polar surface area (TPSA) is 50.1 Å². The molecule has 0 bridgehead atoms. The maximum absolute atomic E-state index is 12.7. The van der Waals surface area contributed by atoms with Crippen LogP contribution in [0.4, 0.5) is 26.3 Å². The van der Waals surface area contributed by atoms with Crippen LogP contribution in [0.2, 0.25) is 0 Å². The number of hydrogen-bond acceptors (Lipinski definition) is 3. The predicted molar refractivity (Wildman–Crippen MR) is 52.5 cm³/mol. The summed E-state index contributed by atoms with van der Waals surface area (Å²) < 4.78 is 79.7. The molecule has 0 aliphatic heterocycles. The summed E-state index contributed by atoms with van der Waals surface area (Å²) in [4.78, 5) is 11.2. The normalized spacial score (nSPS) is 11.9. The van der Waals surface area contributed by atoms with Crippen LogP contribution >= 0.6 is 0 Å². The molecule has 108 valence electrons. The number of halogens is 6.